The molecule has 0 bridgehead atoms. The number of hydrogen-bond acceptors (Lipinski definition) is 4. The first-order valence-electron chi connectivity index (χ1n) is 7.76. The highest BCUT2D eigenvalue weighted by Gasteiger charge is 2.31. The van der Waals surface area contributed by atoms with Crippen molar-refractivity contribution >= 4 is 11.8 Å². The van der Waals surface area contributed by atoms with Crippen molar-refractivity contribution in [2.75, 3.05) is 13.2 Å². The van der Waals surface area contributed by atoms with Gasteiger partial charge in [0.1, 0.15) is 5.76 Å². The van der Waals surface area contributed by atoms with Crippen LogP contribution < -0.4 is 5.48 Å². The van der Waals surface area contributed by atoms with Gasteiger partial charge in [-0.05, 0) is 37.8 Å². The molecular weight excluding hydrogens is 296 g/mol. The second-order valence-electron chi connectivity index (χ2n) is 5.92. The van der Waals surface area contributed by atoms with Gasteiger partial charge in [0.25, 0.3) is 11.8 Å². The molecule has 2 amide bonds. The summed E-state index contributed by atoms with van der Waals surface area (Å²) in [4.78, 5) is 25.7. The quantitative estimate of drug-likeness (QED) is 0.616. The van der Waals surface area contributed by atoms with Crippen LogP contribution >= 0.6 is 0 Å². The smallest absolute Gasteiger partial charge is 0.270 e. The lowest BCUT2D eigenvalue weighted by Gasteiger charge is -2.34. The van der Waals surface area contributed by atoms with Gasteiger partial charge >= 0.3 is 0 Å². The predicted octanol–water partition coefficient (Wildman–Crippen LogP) is 1.95. The van der Waals surface area contributed by atoms with Crippen molar-refractivity contribution in [2.24, 2.45) is 0 Å². The Morgan fingerprint density at radius 3 is 2.96 bits per heavy atom. The first kappa shape index (κ1) is 15.6. The van der Waals surface area contributed by atoms with Crippen LogP contribution in [0.4, 0.5) is 0 Å². The van der Waals surface area contributed by atoms with Crippen LogP contribution in [0.3, 0.4) is 0 Å². The van der Waals surface area contributed by atoms with E-state index in [0.717, 1.165) is 18.6 Å². The van der Waals surface area contributed by atoms with E-state index in [0.29, 0.717) is 30.7 Å². The van der Waals surface area contributed by atoms with Crippen LogP contribution in [0.1, 0.15) is 32.6 Å². The highest BCUT2D eigenvalue weighted by Crippen LogP contribution is 2.32. The van der Waals surface area contributed by atoms with Gasteiger partial charge in [0.15, 0.2) is 6.61 Å². The van der Waals surface area contributed by atoms with Crippen LogP contribution in [-0.2, 0) is 14.3 Å². The predicted molar refractivity (Wildman–Crippen MR) is 83.0 cm³/mol. The van der Waals surface area contributed by atoms with Crippen molar-refractivity contribution in [1.82, 2.24) is 10.4 Å². The van der Waals surface area contributed by atoms with E-state index in [1.165, 1.54) is 11.1 Å². The molecule has 0 aromatic heterocycles. The molecule has 23 heavy (non-hydrogen) atoms. The normalized spacial score (nSPS) is 21.0. The first-order chi connectivity index (χ1) is 11.1. The summed E-state index contributed by atoms with van der Waals surface area (Å²) in [6.45, 7) is 2.60. The van der Waals surface area contributed by atoms with Crippen LogP contribution in [0.25, 0.3) is 0 Å². The topological polar surface area (TPSA) is 78.9 Å². The van der Waals surface area contributed by atoms with Gasteiger partial charge < -0.3 is 9.64 Å². The van der Waals surface area contributed by atoms with E-state index in [2.05, 4.69) is 12.2 Å². The number of carbonyl (C=O) groups excluding carboxylic acids is 2. The Balaban J connectivity index is 1.91. The van der Waals surface area contributed by atoms with E-state index < -0.39 is 5.91 Å². The van der Waals surface area contributed by atoms with Crippen molar-refractivity contribution in [2.45, 2.75) is 32.6 Å². The van der Waals surface area contributed by atoms with Crippen molar-refractivity contribution in [3.05, 3.63) is 46.4 Å². The van der Waals surface area contributed by atoms with Crippen LogP contribution in [0.5, 0.6) is 0 Å². The summed E-state index contributed by atoms with van der Waals surface area (Å²) in [5.74, 6) is 0.0923. The summed E-state index contributed by atoms with van der Waals surface area (Å²) in [5.41, 5.74) is 5.15. The number of nitrogens with one attached hydrogen (secondary N) is 1. The second-order valence-corrected chi connectivity index (χ2v) is 5.92. The zero-order valence-corrected chi connectivity index (χ0v) is 13.1. The molecule has 1 heterocycles. The lowest BCUT2D eigenvalue weighted by atomic mass is 9.96. The Labute approximate surface area is 134 Å². The van der Waals surface area contributed by atoms with E-state index in [4.69, 9.17) is 9.94 Å². The van der Waals surface area contributed by atoms with Gasteiger partial charge in [-0.15, -0.1) is 0 Å². The van der Waals surface area contributed by atoms with Gasteiger partial charge in [-0.1, -0.05) is 17.7 Å². The highest BCUT2D eigenvalue weighted by molar-refractivity contribution is 5.94. The van der Waals surface area contributed by atoms with Crippen molar-refractivity contribution in [3.8, 4) is 0 Å². The Morgan fingerprint density at radius 1 is 1.39 bits per heavy atom. The van der Waals surface area contributed by atoms with Crippen LogP contribution in [0.15, 0.2) is 46.4 Å². The molecule has 3 rings (SSSR count). The molecule has 0 saturated heterocycles. The zero-order chi connectivity index (χ0) is 16.4. The fourth-order valence-corrected chi connectivity index (χ4v) is 3.08. The maximum Gasteiger partial charge on any atom is 0.270 e. The van der Waals surface area contributed by atoms with Gasteiger partial charge in [0, 0.05) is 18.5 Å². The molecule has 3 aliphatic rings. The summed E-state index contributed by atoms with van der Waals surface area (Å²) < 4.78 is 5.52. The van der Waals surface area contributed by atoms with Crippen LogP contribution in [0.2, 0.25) is 0 Å². The first-order valence-corrected chi connectivity index (χ1v) is 7.76. The summed E-state index contributed by atoms with van der Waals surface area (Å²) in [7, 11) is 0. The van der Waals surface area contributed by atoms with E-state index in [-0.39, 0.29) is 12.5 Å². The van der Waals surface area contributed by atoms with Gasteiger partial charge in [-0.2, -0.15) is 0 Å². The minimum Gasteiger partial charge on any atom is -0.486 e. The molecule has 122 valence electrons. The average Bonchev–Trinajstić information content (AvgIpc) is 2.58. The third-order valence-electron chi connectivity index (χ3n) is 4.46. The molecule has 0 aromatic carbocycles. The molecule has 6 nitrogen and oxygen atoms in total. The Kier molecular flexibility index (Phi) is 4.34. The number of carbonyl (C=O) groups is 2. The van der Waals surface area contributed by atoms with Crippen molar-refractivity contribution < 1.29 is 19.5 Å². The van der Waals surface area contributed by atoms with Gasteiger partial charge in [-0.3, -0.25) is 14.8 Å². The number of hydroxylamine groups is 1. The molecule has 0 unspecified atom stereocenters. The van der Waals surface area contributed by atoms with E-state index in [1.54, 1.807) is 16.5 Å². The molecule has 0 saturated carbocycles. The SMILES string of the molecule is CC1=C(CN2C(=O)COC3=C2C=C(C(=O)NO)CC3)CCC=C1. The third-order valence-corrected chi connectivity index (χ3v) is 4.46. The second kappa shape index (κ2) is 6.42. The van der Waals surface area contributed by atoms with E-state index in [9.17, 15) is 9.59 Å². The summed E-state index contributed by atoms with van der Waals surface area (Å²) in [6, 6.07) is 0. The molecule has 6 heteroatoms. The van der Waals surface area contributed by atoms with Crippen molar-refractivity contribution in [1.29, 1.82) is 0 Å². The fourth-order valence-electron chi connectivity index (χ4n) is 3.08. The number of rotatable bonds is 3. The standard InChI is InChI=1S/C17H20N2O4/c1-11-4-2-3-5-13(11)9-19-14-8-12(17(21)18-22)6-7-15(14)23-10-16(19)20/h2,4,8,22H,3,5-7,9-10H2,1H3,(H,18,21). The third kappa shape index (κ3) is 3.07. The highest BCUT2D eigenvalue weighted by atomic mass is 16.5. The number of ether oxygens (including phenoxy) is 1. The Bertz CT molecular complexity index is 670. The monoisotopic (exact) mass is 316 g/mol. The van der Waals surface area contributed by atoms with Crippen LogP contribution in [0, 0.1) is 0 Å². The molecular formula is C17H20N2O4. The van der Waals surface area contributed by atoms with Gasteiger partial charge in [0.05, 0.1) is 5.70 Å². The van der Waals surface area contributed by atoms with E-state index in [1.807, 2.05) is 6.92 Å². The summed E-state index contributed by atoms with van der Waals surface area (Å²) in [5, 5.41) is 8.81. The molecule has 2 aliphatic carbocycles. The van der Waals surface area contributed by atoms with E-state index >= 15 is 0 Å². The molecule has 0 atom stereocenters. The summed E-state index contributed by atoms with van der Waals surface area (Å²) in [6.07, 6.45) is 8.81. The average molecular weight is 316 g/mol. The fraction of sp³-hybridized carbons (Fsp3) is 0.412. The number of amides is 2. The van der Waals surface area contributed by atoms with Gasteiger partial charge in [-0.25, -0.2) is 5.48 Å². The van der Waals surface area contributed by atoms with Crippen molar-refractivity contribution in [3.63, 3.8) is 0 Å². The molecule has 0 aromatic rings. The number of allylic oxidation sites excluding steroid dienone is 5. The summed E-state index contributed by atoms with van der Waals surface area (Å²) >= 11 is 0. The van der Waals surface area contributed by atoms with Gasteiger partial charge in [0.2, 0.25) is 0 Å². The largest absolute Gasteiger partial charge is 0.486 e. The molecule has 0 radical (unpaired) electrons. The lowest BCUT2D eigenvalue weighted by Crippen LogP contribution is -2.40. The molecule has 0 fully saturated rings. The van der Waals surface area contributed by atoms with Crippen LogP contribution in [-0.4, -0.2) is 35.1 Å². The minimum absolute atomic E-state index is 0.0381. The molecule has 0 spiro atoms. The zero-order valence-electron chi connectivity index (χ0n) is 13.1. The Hall–Kier alpha value is -2.34. The molecule has 1 aliphatic heterocycles. The Morgan fingerprint density at radius 2 is 2.22 bits per heavy atom. The minimum atomic E-state index is -0.537. The molecule has 2 N–H and O–H groups in total. The maximum atomic E-state index is 12.3. The number of nitrogens with zero attached hydrogens (tertiary/aromatic N) is 1. The number of hydrogen-bond donors (Lipinski definition) is 2. The lowest BCUT2D eigenvalue weighted by molar-refractivity contribution is -0.135. The maximum absolute atomic E-state index is 12.3.